The first kappa shape index (κ1) is 15.8. The molecule has 130 valence electrons. The van der Waals surface area contributed by atoms with E-state index in [0.717, 1.165) is 39.2 Å². The number of allylic oxidation sites excluding steroid dienone is 1. The molecule has 3 nitrogen and oxygen atoms in total. The molecule has 27 heavy (non-hydrogen) atoms. The molecule has 1 unspecified atom stereocenters. The van der Waals surface area contributed by atoms with Crippen LogP contribution in [0.3, 0.4) is 0 Å². The van der Waals surface area contributed by atoms with Gasteiger partial charge in [0.2, 0.25) is 0 Å². The number of hydrogen-bond acceptors (Lipinski definition) is 3. The third-order valence-electron chi connectivity index (χ3n) is 5.31. The highest BCUT2D eigenvalue weighted by molar-refractivity contribution is 6.22. The molecule has 0 saturated heterocycles. The normalized spacial score (nSPS) is 18.3. The average molecular weight is 350 g/mol. The van der Waals surface area contributed by atoms with Gasteiger partial charge in [0, 0.05) is 29.0 Å². The van der Waals surface area contributed by atoms with Gasteiger partial charge in [-0.3, -0.25) is 10.2 Å². The fraction of sp³-hybridized carbons (Fsp3) is 0.0833. The zero-order valence-corrected chi connectivity index (χ0v) is 14.7. The first-order valence-electron chi connectivity index (χ1n) is 9.14. The summed E-state index contributed by atoms with van der Waals surface area (Å²) in [5.41, 5.74) is 9.76. The number of carbonyl (C=O) groups excluding carboxylic acids is 1. The van der Waals surface area contributed by atoms with E-state index < -0.39 is 0 Å². The number of carbonyl (C=O) groups is 1. The molecule has 0 amide bonds. The molecule has 0 aromatic heterocycles. The van der Waals surface area contributed by atoms with Gasteiger partial charge in [0.05, 0.1) is 11.4 Å². The molecule has 3 aromatic carbocycles. The molecular weight excluding hydrogens is 332 g/mol. The van der Waals surface area contributed by atoms with Crippen molar-refractivity contribution in [2.75, 3.05) is 0 Å². The van der Waals surface area contributed by atoms with E-state index >= 15 is 0 Å². The first-order valence-corrected chi connectivity index (χ1v) is 9.14. The van der Waals surface area contributed by atoms with Crippen molar-refractivity contribution in [3.63, 3.8) is 0 Å². The minimum absolute atomic E-state index is 0.0324. The second-order valence-corrected chi connectivity index (χ2v) is 6.87. The van der Waals surface area contributed by atoms with Crippen LogP contribution in [0, 0.1) is 0 Å². The van der Waals surface area contributed by atoms with Gasteiger partial charge in [-0.2, -0.15) is 5.10 Å². The van der Waals surface area contributed by atoms with Crippen molar-refractivity contribution in [2.45, 2.75) is 12.3 Å². The minimum atomic E-state index is -0.0324. The molecule has 0 radical (unpaired) electrons. The van der Waals surface area contributed by atoms with Gasteiger partial charge in [0.25, 0.3) is 0 Å². The molecule has 5 rings (SSSR count). The zero-order chi connectivity index (χ0) is 18.2. The van der Waals surface area contributed by atoms with Crippen LogP contribution in [0.2, 0.25) is 0 Å². The predicted molar refractivity (Wildman–Crippen MR) is 108 cm³/mol. The molecule has 2 aliphatic rings. The third-order valence-corrected chi connectivity index (χ3v) is 5.31. The predicted octanol–water partition coefficient (Wildman–Crippen LogP) is 4.78. The Kier molecular flexibility index (Phi) is 3.72. The van der Waals surface area contributed by atoms with Crippen molar-refractivity contribution in [1.82, 2.24) is 5.43 Å². The van der Waals surface area contributed by atoms with Crippen LogP contribution < -0.4 is 5.43 Å². The summed E-state index contributed by atoms with van der Waals surface area (Å²) >= 11 is 0. The van der Waals surface area contributed by atoms with Crippen LogP contribution in [0.15, 0.2) is 95.6 Å². The molecule has 1 heterocycles. The number of rotatable bonds is 2. The fourth-order valence-electron chi connectivity index (χ4n) is 4.00. The highest BCUT2D eigenvalue weighted by Crippen LogP contribution is 2.42. The molecule has 3 aromatic rings. The van der Waals surface area contributed by atoms with Crippen LogP contribution >= 0.6 is 0 Å². The van der Waals surface area contributed by atoms with Crippen LogP contribution in [-0.4, -0.2) is 11.5 Å². The first-order chi connectivity index (χ1) is 13.3. The van der Waals surface area contributed by atoms with Gasteiger partial charge in [-0.25, -0.2) is 0 Å². The molecule has 1 aliphatic carbocycles. The number of nitrogens with zero attached hydrogens (tertiary/aromatic N) is 1. The summed E-state index contributed by atoms with van der Waals surface area (Å²) in [6, 6.07) is 28.2. The quantitative estimate of drug-likeness (QED) is 0.723. The maximum absolute atomic E-state index is 13.3. The van der Waals surface area contributed by atoms with Gasteiger partial charge in [-0.1, -0.05) is 84.9 Å². The van der Waals surface area contributed by atoms with E-state index in [-0.39, 0.29) is 11.7 Å². The van der Waals surface area contributed by atoms with E-state index in [2.05, 4.69) is 29.7 Å². The van der Waals surface area contributed by atoms with E-state index in [9.17, 15) is 4.79 Å². The Hall–Kier alpha value is -3.46. The van der Waals surface area contributed by atoms with Gasteiger partial charge in [-0.15, -0.1) is 0 Å². The maximum atomic E-state index is 13.3. The van der Waals surface area contributed by atoms with Crippen molar-refractivity contribution in [3.05, 3.63) is 113 Å². The van der Waals surface area contributed by atoms with Gasteiger partial charge >= 0.3 is 0 Å². The lowest BCUT2D eigenvalue weighted by molar-refractivity contribution is 0.103. The minimum Gasteiger partial charge on any atom is -0.289 e. The lowest BCUT2D eigenvalue weighted by Gasteiger charge is -2.18. The van der Waals surface area contributed by atoms with Crippen LogP contribution in [-0.2, 0) is 0 Å². The summed E-state index contributed by atoms with van der Waals surface area (Å²) < 4.78 is 0. The van der Waals surface area contributed by atoms with E-state index in [0.29, 0.717) is 6.42 Å². The molecule has 0 bridgehead atoms. The zero-order valence-electron chi connectivity index (χ0n) is 14.7. The number of fused-ring (bicyclic) bond motifs is 2. The summed E-state index contributed by atoms with van der Waals surface area (Å²) in [7, 11) is 0. The Morgan fingerprint density at radius 3 is 2.15 bits per heavy atom. The van der Waals surface area contributed by atoms with Crippen LogP contribution in [0.25, 0.3) is 5.70 Å². The molecule has 1 atom stereocenters. The molecule has 1 aliphatic heterocycles. The van der Waals surface area contributed by atoms with Gasteiger partial charge < -0.3 is 0 Å². The van der Waals surface area contributed by atoms with E-state index in [4.69, 9.17) is 5.10 Å². The topological polar surface area (TPSA) is 41.5 Å². The second-order valence-electron chi connectivity index (χ2n) is 6.87. The lowest BCUT2D eigenvalue weighted by atomic mass is 9.83. The Labute approximate surface area is 158 Å². The summed E-state index contributed by atoms with van der Waals surface area (Å²) in [6.07, 6.45) is 0.680. The molecular formula is C24H18N2O. The number of Topliss-reactive ketones (excluding diaryl/α,β-unsaturated/α-hetero) is 1. The van der Waals surface area contributed by atoms with Crippen molar-refractivity contribution in [1.29, 1.82) is 0 Å². The molecule has 0 spiro atoms. The van der Waals surface area contributed by atoms with Gasteiger partial charge in [0.1, 0.15) is 0 Å². The van der Waals surface area contributed by atoms with Gasteiger partial charge in [-0.05, 0) is 11.1 Å². The largest absolute Gasteiger partial charge is 0.289 e. The van der Waals surface area contributed by atoms with Crippen LogP contribution in [0.4, 0.5) is 0 Å². The monoisotopic (exact) mass is 350 g/mol. The van der Waals surface area contributed by atoms with Crippen molar-refractivity contribution in [3.8, 4) is 0 Å². The molecule has 0 saturated carbocycles. The van der Waals surface area contributed by atoms with E-state index in [1.165, 1.54) is 0 Å². The molecule has 3 heteroatoms. The lowest BCUT2D eigenvalue weighted by Crippen LogP contribution is -2.14. The smallest absolute Gasteiger partial charge is 0.192 e. The van der Waals surface area contributed by atoms with E-state index in [1.54, 1.807) is 0 Å². The number of ketones is 1. The highest BCUT2D eigenvalue weighted by Gasteiger charge is 2.37. The SMILES string of the molecule is O=C1C2=C(NN=C(c3ccccc3)CC2c2ccccc2)c2ccccc21. The number of hydrazone groups is 1. The summed E-state index contributed by atoms with van der Waals surface area (Å²) in [4.78, 5) is 13.3. The highest BCUT2D eigenvalue weighted by atomic mass is 16.1. The number of nitrogens with one attached hydrogen (secondary N) is 1. The summed E-state index contributed by atoms with van der Waals surface area (Å²) in [5.74, 6) is 0.0709. The average Bonchev–Trinajstić information content (AvgIpc) is 2.89. The van der Waals surface area contributed by atoms with Crippen LogP contribution in [0.5, 0.6) is 0 Å². The van der Waals surface area contributed by atoms with Crippen molar-refractivity contribution in [2.24, 2.45) is 5.10 Å². The van der Waals surface area contributed by atoms with Crippen LogP contribution in [0.1, 0.15) is 39.4 Å². The third kappa shape index (κ3) is 2.59. The number of hydrogen-bond donors (Lipinski definition) is 1. The fourth-order valence-corrected chi connectivity index (χ4v) is 4.00. The second kappa shape index (κ2) is 6.36. The Balaban J connectivity index is 1.68. The summed E-state index contributed by atoms with van der Waals surface area (Å²) in [5, 5.41) is 4.70. The Bertz CT molecular complexity index is 1080. The van der Waals surface area contributed by atoms with Gasteiger partial charge in [0.15, 0.2) is 5.78 Å². The van der Waals surface area contributed by atoms with Crippen molar-refractivity contribution < 1.29 is 4.79 Å². The van der Waals surface area contributed by atoms with E-state index in [1.807, 2.05) is 60.7 Å². The van der Waals surface area contributed by atoms with Crippen molar-refractivity contribution >= 4 is 17.2 Å². The standard InChI is InChI=1S/C24H18N2O/c27-24-19-14-8-7-13-18(19)23-22(24)20(16-9-3-1-4-10-16)15-21(25-26-23)17-11-5-2-6-12-17/h1-14,20,26H,15H2. The Morgan fingerprint density at radius 1 is 0.778 bits per heavy atom. The Morgan fingerprint density at radius 2 is 1.41 bits per heavy atom. The maximum Gasteiger partial charge on any atom is 0.192 e. The number of benzene rings is 3. The molecule has 0 fully saturated rings. The summed E-state index contributed by atoms with van der Waals surface area (Å²) in [6.45, 7) is 0. The molecule has 1 N–H and O–H groups in total.